The van der Waals surface area contributed by atoms with E-state index in [1.165, 1.54) is 18.1 Å². The van der Waals surface area contributed by atoms with Gasteiger partial charge in [0.1, 0.15) is 17.1 Å². The smallest absolute Gasteiger partial charge is 0.339 e. The molecule has 2 N–H and O–H groups in total. The minimum absolute atomic E-state index is 0.0816. The predicted octanol–water partition coefficient (Wildman–Crippen LogP) is 6.97. The summed E-state index contributed by atoms with van der Waals surface area (Å²) in [6.45, 7) is 4.73. The van der Waals surface area contributed by atoms with Crippen LogP contribution in [0.5, 0.6) is 23.0 Å². The molecule has 6 nitrogen and oxygen atoms in total. The van der Waals surface area contributed by atoms with Crippen LogP contribution in [-0.2, 0) is 6.42 Å². The van der Waals surface area contributed by atoms with Crippen LogP contribution in [0, 0.1) is 0 Å². The lowest BCUT2D eigenvalue weighted by atomic mass is 9.88. The van der Waals surface area contributed by atoms with Gasteiger partial charge in [0.25, 0.3) is 0 Å². The van der Waals surface area contributed by atoms with Gasteiger partial charge in [-0.1, -0.05) is 58.1 Å². The molecule has 0 aliphatic heterocycles. The second kappa shape index (κ2) is 14.4. The Bertz CT molecular complexity index is 908. The van der Waals surface area contributed by atoms with E-state index < -0.39 is 5.97 Å². The van der Waals surface area contributed by atoms with Crippen LogP contribution in [0.25, 0.3) is 0 Å². The molecule has 6 heteroatoms. The maximum Gasteiger partial charge on any atom is 0.339 e. The number of carboxylic acid groups (broad SMARTS) is 1. The van der Waals surface area contributed by atoms with E-state index in [0.29, 0.717) is 30.3 Å². The first kappa shape index (κ1) is 27.4. The van der Waals surface area contributed by atoms with E-state index in [1.54, 1.807) is 20.3 Å². The number of hydrogen-bond donors (Lipinski definition) is 2. The zero-order chi connectivity index (χ0) is 24.9. The highest BCUT2D eigenvalue weighted by Crippen LogP contribution is 2.39. The second-order valence-corrected chi connectivity index (χ2v) is 8.61. The number of aromatic hydroxyl groups is 1. The van der Waals surface area contributed by atoms with Gasteiger partial charge in [0.05, 0.1) is 20.8 Å². The Hall–Kier alpha value is -2.89. The van der Waals surface area contributed by atoms with Crippen LogP contribution in [0.1, 0.15) is 92.6 Å². The highest BCUT2D eigenvalue weighted by Gasteiger charge is 2.19. The van der Waals surface area contributed by atoms with Gasteiger partial charge in [-0.15, -0.1) is 0 Å². The summed E-state index contributed by atoms with van der Waals surface area (Å²) in [4.78, 5) is 11.3. The Morgan fingerprint density at radius 2 is 1.68 bits per heavy atom. The number of ether oxygens (including phenoxy) is 3. The Morgan fingerprint density at radius 1 is 0.912 bits per heavy atom. The van der Waals surface area contributed by atoms with Crippen LogP contribution in [0.3, 0.4) is 0 Å². The quantitative estimate of drug-likeness (QED) is 0.257. The lowest BCUT2D eigenvalue weighted by Crippen LogP contribution is -2.05. The fourth-order valence-corrected chi connectivity index (χ4v) is 4.41. The minimum atomic E-state index is -1.13. The van der Waals surface area contributed by atoms with E-state index in [-0.39, 0.29) is 11.3 Å². The molecule has 2 aromatic rings. The Morgan fingerprint density at radius 3 is 2.32 bits per heavy atom. The molecule has 0 fully saturated rings. The fraction of sp³-hybridized carbons (Fsp3) is 0.536. The average molecular weight is 473 g/mol. The molecule has 0 aliphatic carbocycles. The van der Waals surface area contributed by atoms with E-state index in [0.717, 1.165) is 56.4 Å². The lowest BCUT2D eigenvalue weighted by Gasteiger charge is -2.21. The van der Waals surface area contributed by atoms with Gasteiger partial charge in [0.15, 0.2) is 11.5 Å². The van der Waals surface area contributed by atoms with E-state index in [9.17, 15) is 15.0 Å². The summed E-state index contributed by atoms with van der Waals surface area (Å²) in [6, 6.07) is 9.18. The number of aromatic carboxylic acids is 1. The number of unbranched alkanes of at least 4 members (excludes halogenated alkanes) is 3. The van der Waals surface area contributed by atoms with Gasteiger partial charge in [-0.2, -0.15) is 0 Å². The molecule has 0 spiro atoms. The molecule has 0 heterocycles. The van der Waals surface area contributed by atoms with Crippen molar-refractivity contribution in [2.24, 2.45) is 0 Å². The van der Waals surface area contributed by atoms with Crippen LogP contribution < -0.4 is 14.2 Å². The van der Waals surface area contributed by atoms with Gasteiger partial charge in [-0.05, 0) is 49.8 Å². The molecular formula is C28H40O6. The number of hydrogen-bond acceptors (Lipinski definition) is 5. The topological polar surface area (TPSA) is 85.2 Å². The summed E-state index contributed by atoms with van der Waals surface area (Å²) in [5.41, 5.74) is 1.71. The highest BCUT2D eigenvalue weighted by molar-refractivity contribution is 5.91. The zero-order valence-electron chi connectivity index (χ0n) is 21.1. The molecule has 0 aromatic heterocycles. The van der Waals surface area contributed by atoms with Crippen molar-refractivity contribution in [1.82, 2.24) is 0 Å². The maximum atomic E-state index is 11.3. The third-order valence-corrected chi connectivity index (χ3v) is 6.20. The maximum absolute atomic E-state index is 11.3. The molecule has 0 bridgehead atoms. The Labute approximate surface area is 203 Å². The summed E-state index contributed by atoms with van der Waals surface area (Å²) < 4.78 is 17.1. The molecule has 34 heavy (non-hydrogen) atoms. The van der Waals surface area contributed by atoms with Crippen molar-refractivity contribution in [3.05, 3.63) is 47.0 Å². The molecule has 0 aliphatic rings. The van der Waals surface area contributed by atoms with E-state index >= 15 is 0 Å². The molecule has 0 saturated heterocycles. The SMILES string of the molecule is CCCCC(CCCCCOc1ccc(C(=O)O)c(O)c1CCC)c1cccc(OC)c1OC. The van der Waals surface area contributed by atoms with E-state index in [2.05, 4.69) is 13.0 Å². The normalized spacial score (nSPS) is 11.8. The summed E-state index contributed by atoms with van der Waals surface area (Å²) >= 11 is 0. The molecule has 0 radical (unpaired) electrons. The molecule has 188 valence electrons. The molecule has 2 rings (SSSR count). The molecule has 0 amide bonds. The van der Waals surface area contributed by atoms with E-state index in [4.69, 9.17) is 14.2 Å². The Kier molecular flexibility index (Phi) is 11.6. The number of carbonyl (C=O) groups is 1. The molecule has 0 saturated carbocycles. The second-order valence-electron chi connectivity index (χ2n) is 8.61. The third kappa shape index (κ3) is 7.31. The number of phenols is 1. The van der Waals surface area contributed by atoms with Gasteiger partial charge in [-0.3, -0.25) is 0 Å². The predicted molar refractivity (Wildman–Crippen MR) is 135 cm³/mol. The summed E-state index contributed by atoms with van der Waals surface area (Å²) in [6.07, 6.45) is 8.87. The first-order valence-electron chi connectivity index (χ1n) is 12.4. The lowest BCUT2D eigenvalue weighted by molar-refractivity contribution is 0.0693. The van der Waals surface area contributed by atoms with Gasteiger partial charge < -0.3 is 24.4 Å². The molecule has 1 atom stereocenters. The van der Waals surface area contributed by atoms with Crippen LogP contribution in [0.15, 0.2) is 30.3 Å². The molecular weight excluding hydrogens is 432 g/mol. The monoisotopic (exact) mass is 472 g/mol. The van der Waals surface area contributed by atoms with Crippen LogP contribution >= 0.6 is 0 Å². The highest BCUT2D eigenvalue weighted by atomic mass is 16.5. The summed E-state index contributed by atoms with van der Waals surface area (Å²) in [7, 11) is 3.37. The van der Waals surface area contributed by atoms with Gasteiger partial charge in [0, 0.05) is 11.1 Å². The first-order chi connectivity index (χ1) is 16.5. The van der Waals surface area contributed by atoms with Crippen molar-refractivity contribution in [2.45, 2.75) is 77.6 Å². The van der Waals surface area contributed by atoms with Gasteiger partial charge in [-0.25, -0.2) is 4.79 Å². The first-order valence-corrected chi connectivity index (χ1v) is 12.4. The third-order valence-electron chi connectivity index (χ3n) is 6.20. The summed E-state index contributed by atoms with van der Waals surface area (Å²) in [5.74, 6) is 1.29. The zero-order valence-corrected chi connectivity index (χ0v) is 21.1. The molecule has 2 aromatic carbocycles. The standard InChI is InChI=1S/C28H40O6/c1-5-7-13-20(21-15-11-16-25(32-3)27(21)33-4)14-9-8-10-19-34-24-18-17-23(28(30)31)26(29)22(24)12-6-2/h11,15-18,20,29H,5-10,12-14,19H2,1-4H3,(H,30,31). The van der Waals surface area contributed by atoms with Crippen molar-refractivity contribution in [2.75, 3.05) is 20.8 Å². The fourth-order valence-electron chi connectivity index (χ4n) is 4.41. The van der Waals surface area contributed by atoms with Gasteiger partial charge in [0.2, 0.25) is 0 Å². The molecule has 1 unspecified atom stereocenters. The van der Waals surface area contributed by atoms with E-state index in [1.807, 2.05) is 19.1 Å². The van der Waals surface area contributed by atoms with Crippen LogP contribution in [-0.4, -0.2) is 37.0 Å². The number of carboxylic acids is 1. The van der Waals surface area contributed by atoms with Crippen molar-refractivity contribution < 1.29 is 29.2 Å². The van der Waals surface area contributed by atoms with Crippen molar-refractivity contribution in [1.29, 1.82) is 0 Å². The van der Waals surface area contributed by atoms with Crippen LogP contribution in [0.4, 0.5) is 0 Å². The number of benzene rings is 2. The number of methoxy groups -OCH3 is 2. The van der Waals surface area contributed by atoms with Crippen molar-refractivity contribution >= 4 is 5.97 Å². The van der Waals surface area contributed by atoms with Gasteiger partial charge >= 0.3 is 5.97 Å². The minimum Gasteiger partial charge on any atom is -0.507 e. The van der Waals surface area contributed by atoms with Crippen molar-refractivity contribution in [3.8, 4) is 23.0 Å². The summed E-state index contributed by atoms with van der Waals surface area (Å²) in [5, 5.41) is 19.6. The Balaban J connectivity index is 1.94. The van der Waals surface area contributed by atoms with Crippen LogP contribution in [0.2, 0.25) is 0 Å². The largest absolute Gasteiger partial charge is 0.507 e. The number of para-hydroxylation sites is 1. The number of rotatable bonds is 16. The average Bonchev–Trinajstić information content (AvgIpc) is 2.84. The van der Waals surface area contributed by atoms with Crippen molar-refractivity contribution in [3.63, 3.8) is 0 Å².